The smallest absolute Gasteiger partial charge is 0.162 e. The van der Waals surface area contributed by atoms with Gasteiger partial charge in [-0.3, -0.25) is 0 Å². The van der Waals surface area contributed by atoms with Crippen LogP contribution in [0.15, 0.2) is 28.7 Å². The summed E-state index contributed by atoms with van der Waals surface area (Å²) in [7, 11) is 0. The molecule has 66 valence electrons. The topological polar surface area (TPSA) is 59.4 Å². The highest BCUT2D eigenvalue weighted by Crippen LogP contribution is 2.23. The van der Waals surface area contributed by atoms with Gasteiger partial charge in [0.2, 0.25) is 0 Å². The molecule has 4 heteroatoms. The van der Waals surface area contributed by atoms with Crippen LogP contribution >= 0.6 is 12.2 Å². The van der Waals surface area contributed by atoms with Gasteiger partial charge in [0.05, 0.1) is 0 Å². The van der Waals surface area contributed by atoms with Gasteiger partial charge in [-0.2, -0.15) is 0 Å². The van der Waals surface area contributed by atoms with Gasteiger partial charge < -0.3 is 15.3 Å². The Morgan fingerprint density at radius 3 is 2.85 bits per heavy atom. The third-order valence-corrected chi connectivity index (χ3v) is 1.94. The summed E-state index contributed by atoms with van der Waals surface area (Å²) in [6.07, 6.45) is 0. The third-order valence-electron chi connectivity index (χ3n) is 1.74. The molecule has 0 saturated carbocycles. The van der Waals surface area contributed by atoms with Gasteiger partial charge in [0.1, 0.15) is 16.3 Å². The molecular weight excluding hydrogens is 186 g/mol. The number of thiocarbonyl (C=S) groups is 1. The number of fused-ring (bicyclic) bond motifs is 1. The van der Waals surface area contributed by atoms with Crippen molar-refractivity contribution in [3.8, 4) is 5.75 Å². The van der Waals surface area contributed by atoms with Crippen LogP contribution in [0, 0.1) is 0 Å². The van der Waals surface area contributed by atoms with Crippen molar-refractivity contribution in [1.29, 1.82) is 0 Å². The van der Waals surface area contributed by atoms with Crippen molar-refractivity contribution in [1.82, 2.24) is 0 Å². The molecule has 1 heterocycles. The molecule has 0 aliphatic carbocycles. The molecule has 2 aromatic rings. The summed E-state index contributed by atoms with van der Waals surface area (Å²) in [6.45, 7) is 0. The van der Waals surface area contributed by atoms with E-state index in [2.05, 4.69) is 0 Å². The zero-order valence-corrected chi connectivity index (χ0v) is 7.47. The molecule has 0 amide bonds. The average Bonchev–Trinajstić information content (AvgIpc) is 2.46. The summed E-state index contributed by atoms with van der Waals surface area (Å²) in [5, 5.41) is 9.97. The van der Waals surface area contributed by atoms with Crippen LogP contribution < -0.4 is 5.73 Å². The van der Waals surface area contributed by atoms with Gasteiger partial charge in [0, 0.05) is 5.39 Å². The number of hydrogen-bond acceptors (Lipinski definition) is 3. The molecule has 0 atom stereocenters. The van der Waals surface area contributed by atoms with E-state index in [-0.39, 0.29) is 10.7 Å². The molecule has 13 heavy (non-hydrogen) atoms. The molecule has 0 spiro atoms. The van der Waals surface area contributed by atoms with Crippen molar-refractivity contribution >= 4 is 28.2 Å². The zero-order chi connectivity index (χ0) is 9.42. The Bertz CT molecular complexity index is 475. The highest BCUT2D eigenvalue weighted by Gasteiger charge is 2.05. The second kappa shape index (κ2) is 2.74. The predicted octanol–water partition coefficient (Wildman–Crippen LogP) is 1.77. The standard InChI is InChI=1S/C9H7NO2S/c10-9(13)8-4-5-3-6(11)1-2-7(5)12-8/h1-4,11H,(H2,10,13). The number of aromatic hydroxyl groups is 1. The first-order valence-electron chi connectivity index (χ1n) is 3.69. The first kappa shape index (κ1) is 8.07. The zero-order valence-electron chi connectivity index (χ0n) is 6.65. The van der Waals surface area contributed by atoms with Crippen LogP contribution in [0.2, 0.25) is 0 Å². The van der Waals surface area contributed by atoms with Crippen LogP contribution in [-0.4, -0.2) is 10.1 Å². The highest BCUT2D eigenvalue weighted by atomic mass is 32.1. The molecule has 1 aromatic heterocycles. The molecule has 0 aliphatic rings. The molecule has 1 aromatic carbocycles. The maximum Gasteiger partial charge on any atom is 0.162 e. The molecule has 0 bridgehead atoms. The van der Waals surface area contributed by atoms with Crippen molar-refractivity contribution < 1.29 is 9.52 Å². The van der Waals surface area contributed by atoms with E-state index >= 15 is 0 Å². The Hall–Kier alpha value is -1.55. The van der Waals surface area contributed by atoms with Crippen molar-refractivity contribution in [2.45, 2.75) is 0 Å². The molecule has 3 N–H and O–H groups in total. The van der Waals surface area contributed by atoms with E-state index < -0.39 is 0 Å². The Labute approximate surface area is 79.8 Å². The Balaban J connectivity index is 2.68. The van der Waals surface area contributed by atoms with E-state index in [0.717, 1.165) is 5.39 Å². The molecule has 0 aliphatic heterocycles. The number of benzene rings is 1. The summed E-state index contributed by atoms with van der Waals surface area (Å²) >= 11 is 4.76. The van der Waals surface area contributed by atoms with E-state index in [0.29, 0.717) is 11.3 Å². The Morgan fingerprint density at radius 1 is 1.38 bits per heavy atom. The molecule has 2 rings (SSSR count). The lowest BCUT2D eigenvalue weighted by Crippen LogP contribution is -2.07. The van der Waals surface area contributed by atoms with Crippen LogP contribution in [0.25, 0.3) is 11.0 Å². The Morgan fingerprint density at radius 2 is 2.15 bits per heavy atom. The van der Waals surface area contributed by atoms with Gasteiger partial charge >= 0.3 is 0 Å². The van der Waals surface area contributed by atoms with Crippen LogP contribution in [-0.2, 0) is 0 Å². The van der Waals surface area contributed by atoms with E-state index in [1.54, 1.807) is 24.3 Å². The first-order chi connectivity index (χ1) is 6.16. The summed E-state index contributed by atoms with van der Waals surface area (Å²) in [5.74, 6) is 0.665. The summed E-state index contributed by atoms with van der Waals surface area (Å²) in [5.41, 5.74) is 6.06. The quantitative estimate of drug-likeness (QED) is 0.678. The fourth-order valence-corrected chi connectivity index (χ4v) is 1.25. The Kier molecular flexibility index (Phi) is 1.70. The first-order valence-corrected chi connectivity index (χ1v) is 4.10. The molecule has 0 saturated heterocycles. The minimum Gasteiger partial charge on any atom is -0.508 e. The lowest BCUT2D eigenvalue weighted by Gasteiger charge is -1.89. The number of phenolic OH excluding ortho intramolecular Hbond substituents is 1. The van der Waals surface area contributed by atoms with Crippen molar-refractivity contribution in [2.24, 2.45) is 5.73 Å². The van der Waals surface area contributed by atoms with Gasteiger partial charge in [-0.25, -0.2) is 0 Å². The number of hydrogen-bond donors (Lipinski definition) is 2. The van der Waals surface area contributed by atoms with E-state index in [1.165, 1.54) is 0 Å². The fraction of sp³-hybridized carbons (Fsp3) is 0. The minimum atomic E-state index is 0.197. The molecule has 3 nitrogen and oxygen atoms in total. The van der Waals surface area contributed by atoms with Crippen LogP contribution in [0.3, 0.4) is 0 Å². The van der Waals surface area contributed by atoms with Crippen LogP contribution in [0.5, 0.6) is 5.75 Å². The van der Waals surface area contributed by atoms with E-state index in [9.17, 15) is 5.11 Å². The lowest BCUT2D eigenvalue weighted by molar-refractivity contribution is 0.476. The largest absolute Gasteiger partial charge is 0.508 e. The predicted molar refractivity (Wildman–Crippen MR) is 53.8 cm³/mol. The van der Waals surface area contributed by atoms with Gasteiger partial charge in [-0.1, -0.05) is 12.2 Å². The molecule has 0 fully saturated rings. The number of phenols is 1. The lowest BCUT2D eigenvalue weighted by atomic mass is 10.2. The summed E-state index contributed by atoms with van der Waals surface area (Å²) < 4.78 is 5.31. The number of nitrogens with two attached hydrogens (primary N) is 1. The SMILES string of the molecule is NC(=S)c1cc2cc(O)ccc2o1. The monoisotopic (exact) mass is 193 g/mol. The minimum absolute atomic E-state index is 0.197. The summed E-state index contributed by atoms with van der Waals surface area (Å²) in [4.78, 5) is 0.218. The van der Waals surface area contributed by atoms with Crippen molar-refractivity contribution in [2.75, 3.05) is 0 Å². The summed E-state index contributed by atoms with van der Waals surface area (Å²) in [6, 6.07) is 6.53. The van der Waals surface area contributed by atoms with Gasteiger partial charge in [-0.05, 0) is 24.3 Å². The molecular formula is C9H7NO2S. The maximum absolute atomic E-state index is 9.17. The van der Waals surface area contributed by atoms with Crippen LogP contribution in [0.4, 0.5) is 0 Å². The average molecular weight is 193 g/mol. The molecule has 0 unspecified atom stereocenters. The van der Waals surface area contributed by atoms with Crippen molar-refractivity contribution in [3.05, 3.63) is 30.0 Å². The van der Waals surface area contributed by atoms with Crippen LogP contribution in [0.1, 0.15) is 5.76 Å². The second-order valence-corrected chi connectivity index (χ2v) is 3.14. The second-order valence-electron chi connectivity index (χ2n) is 2.70. The fourth-order valence-electron chi connectivity index (χ4n) is 1.15. The molecule has 0 radical (unpaired) electrons. The number of furan rings is 1. The van der Waals surface area contributed by atoms with E-state index in [1.807, 2.05) is 0 Å². The van der Waals surface area contributed by atoms with Gasteiger partial charge in [0.25, 0.3) is 0 Å². The maximum atomic E-state index is 9.17. The highest BCUT2D eigenvalue weighted by molar-refractivity contribution is 7.80. The number of rotatable bonds is 1. The van der Waals surface area contributed by atoms with E-state index in [4.69, 9.17) is 22.4 Å². The van der Waals surface area contributed by atoms with Gasteiger partial charge in [0.15, 0.2) is 5.76 Å². The third kappa shape index (κ3) is 1.36. The van der Waals surface area contributed by atoms with Gasteiger partial charge in [-0.15, -0.1) is 0 Å². The normalized spacial score (nSPS) is 10.5. The van der Waals surface area contributed by atoms with Crippen molar-refractivity contribution in [3.63, 3.8) is 0 Å².